The van der Waals surface area contributed by atoms with Gasteiger partial charge in [0.1, 0.15) is 0 Å². The molecule has 6 aromatic carbocycles. The maximum Gasteiger partial charge on any atom is 0.489 e. The fraction of sp³-hybridized carbons (Fsp3) is 0.143. The first-order chi connectivity index (χ1) is 24.9. The summed E-state index contributed by atoms with van der Waals surface area (Å²) in [4.78, 5) is 7.88. The van der Waals surface area contributed by atoms with E-state index in [1.165, 1.54) is 84.6 Å². The fourth-order valence-corrected chi connectivity index (χ4v) is 9.55. The highest BCUT2D eigenvalue weighted by Gasteiger charge is 2.70. The normalized spacial score (nSPS) is 15.3. The van der Waals surface area contributed by atoms with Gasteiger partial charge in [-0.25, -0.2) is 0 Å². The highest BCUT2D eigenvalue weighted by Crippen LogP contribution is 2.58. The molecule has 1 saturated heterocycles. The van der Waals surface area contributed by atoms with Crippen LogP contribution >= 0.6 is 0 Å². The lowest BCUT2D eigenvalue weighted by molar-refractivity contribution is 1.21. The number of para-hydroxylation sites is 9. The zero-order valence-corrected chi connectivity index (χ0v) is 30.0. The van der Waals surface area contributed by atoms with Crippen LogP contribution in [0.3, 0.4) is 0 Å². The molecule has 4 heterocycles. The Hall–Kier alpha value is -5.69. The zero-order valence-electron chi connectivity index (χ0n) is 30.0. The van der Waals surface area contributed by atoms with Crippen LogP contribution < -0.4 is 28.6 Å². The number of hydrogen-bond donors (Lipinski definition) is 0. The lowest BCUT2D eigenvalue weighted by Crippen LogP contribution is -2.84. The van der Waals surface area contributed by atoms with Gasteiger partial charge in [-0.1, -0.05) is 91.0 Å². The Balaban J connectivity index is 1.33. The minimum atomic E-state index is -0.162. The minimum Gasteiger partial charge on any atom is -0.382 e. The van der Waals surface area contributed by atoms with Crippen LogP contribution in [0, 0.1) is 41.5 Å². The van der Waals surface area contributed by atoms with Crippen LogP contribution in [0.1, 0.15) is 33.4 Å². The van der Waals surface area contributed by atoms with Crippen molar-refractivity contribution in [3.8, 4) is 0 Å². The summed E-state index contributed by atoms with van der Waals surface area (Å²) in [7, 11) is -0.486. The van der Waals surface area contributed by atoms with Crippen molar-refractivity contribution in [1.29, 1.82) is 0 Å². The molecule has 0 aromatic heterocycles. The van der Waals surface area contributed by atoms with Crippen LogP contribution in [0.2, 0.25) is 0 Å². The van der Waals surface area contributed by atoms with E-state index in [2.05, 4.69) is 198 Å². The Morgan fingerprint density at radius 1 is 0.275 bits per heavy atom. The number of anilines is 9. The molecular formula is C42H39B3N6. The van der Waals surface area contributed by atoms with Gasteiger partial charge in [0.15, 0.2) is 0 Å². The molecule has 0 unspecified atom stereocenters. The molecule has 9 heteroatoms. The maximum atomic E-state index is 2.69. The summed E-state index contributed by atoms with van der Waals surface area (Å²) < 4.78 is 8.07. The van der Waals surface area contributed by atoms with Gasteiger partial charge in [0.2, 0.25) is 0 Å². The van der Waals surface area contributed by atoms with Gasteiger partial charge >= 0.3 is 21.4 Å². The molecule has 246 valence electrons. The van der Waals surface area contributed by atoms with E-state index in [0.29, 0.717) is 0 Å². The van der Waals surface area contributed by atoms with Crippen molar-refractivity contribution in [1.82, 2.24) is 0 Å². The Labute approximate surface area is 302 Å². The number of hydrogen-bond acceptors (Lipinski definition) is 6. The second kappa shape index (κ2) is 10.9. The van der Waals surface area contributed by atoms with Gasteiger partial charge in [-0.3, -0.25) is 0 Å². The summed E-state index contributed by atoms with van der Waals surface area (Å²) in [5, 5.41) is 0. The third kappa shape index (κ3) is 3.97. The summed E-state index contributed by atoms with van der Waals surface area (Å²) in [6.45, 7) is 13.6. The Kier molecular flexibility index (Phi) is 6.45. The van der Waals surface area contributed by atoms with Crippen molar-refractivity contribution in [2.45, 2.75) is 41.5 Å². The van der Waals surface area contributed by atoms with Crippen LogP contribution in [-0.2, 0) is 0 Å². The third-order valence-corrected chi connectivity index (χ3v) is 11.5. The molecule has 51 heavy (non-hydrogen) atoms. The highest BCUT2D eigenvalue weighted by atomic mass is 15.6. The quantitative estimate of drug-likeness (QED) is 0.175. The van der Waals surface area contributed by atoms with E-state index in [1.807, 2.05) is 0 Å². The fourth-order valence-electron chi connectivity index (χ4n) is 9.55. The van der Waals surface area contributed by atoms with Gasteiger partial charge in [0, 0.05) is 34.1 Å². The number of fused-ring (bicyclic) bond motifs is 12. The molecule has 0 amide bonds. The molecular weight excluding hydrogens is 621 g/mol. The zero-order chi connectivity index (χ0) is 34.7. The van der Waals surface area contributed by atoms with Gasteiger partial charge in [-0.05, 0) is 111 Å². The van der Waals surface area contributed by atoms with Gasteiger partial charge in [0.05, 0.1) is 17.1 Å². The molecule has 0 radical (unpaired) electrons. The minimum absolute atomic E-state index is 0.162. The molecule has 0 atom stereocenters. The summed E-state index contributed by atoms with van der Waals surface area (Å²) in [5.74, 6) is 0. The average molecular weight is 660 g/mol. The maximum absolute atomic E-state index is 2.69. The van der Waals surface area contributed by atoms with E-state index in [1.54, 1.807) is 0 Å². The van der Waals surface area contributed by atoms with Gasteiger partial charge < -0.3 is 28.6 Å². The number of nitrogens with zero attached hydrogens (tertiary/aromatic N) is 6. The lowest BCUT2D eigenvalue weighted by Gasteiger charge is -2.52. The Morgan fingerprint density at radius 2 is 0.490 bits per heavy atom. The molecule has 10 rings (SSSR count). The summed E-state index contributed by atoms with van der Waals surface area (Å²) in [6, 6.07) is 47.2. The molecule has 0 bridgehead atoms. The molecule has 4 aliphatic heterocycles. The molecule has 6 nitrogen and oxygen atoms in total. The smallest absolute Gasteiger partial charge is 0.382 e. The molecule has 0 aliphatic carbocycles. The summed E-state index contributed by atoms with van der Waals surface area (Å²) in [5.41, 5.74) is 18.8. The number of aryl methyl sites for hydroxylation is 6. The van der Waals surface area contributed by atoms with Crippen LogP contribution in [0.15, 0.2) is 127 Å². The van der Waals surface area contributed by atoms with Gasteiger partial charge in [-0.15, -0.1) is 0 Å². The van der Waals surface area contributed by atoms with E-state index < -0.39 is 0 Å². The van der Waals surface area contributed by atoms with Crippen molar-refractivity contribution in [3.63, 3.8) is 0 Å². The van der Waals surface area contributed by atoms with Crippen LogP contribution in [-0.4, -0.2) is 21.4 Å². The SMILES string of the molecule is Cc1cccc(C)c1N1B2N(B3N(B4N2c2ccccc2N4c2c(C)cccc2C)c2ccccc2N3c2c(C)cccc2C)c2ccccc21. The van der Waals surface area contributed by atoms with E-state index in [4.69, 9.17) is 0 Å². The monoisotopic (exact) mass is 660 g/mol. The highest BCUT2D eigenvalue weighted by molar-refractivity contribution is 7.11. The topological polar surface area (TPSA) is 19.4 Å². The number of benzene rings is 6. The van der Waals surface area contributed by atoms with E-state index in [9.17, 15) is 0 Å². The van der Waals surface area contributed by atoms with Crippen LogP contribution in [0.5, 0.6) is 0 Å². The predicted octanol–water partition coefficient (Wildman–Crippen LogP) is 9.78. The van der Waals surface area contributed by atoms with Crippen molar-refractivity contribution in [2.75, 3.05) is 28.6 Å². The molecule has 0 saturated carbocycles. The molecule has 0 spiro atoms. The predicted molar refractivity (Wildman–Crippen MR) is 218 cm³/mol. The van der Waals surface area contributed by atoms with E-state index >= 15 is 0 Å². The number of rotatable bonds is 3. The van der Waals surface area contributed by atoms with Crippen molar-refractivity contribution >= 4 is 72.5 Å². The first-order valence-electron chi connectivity index (χ1n) is 18.1. The third-order valence-electron chi connectivity index (χ3n) is 11.5. The van der Waals surface area contributed by atoms with Crippen molar-refractivity contribution in [2.24, 2.45) is 0 Å². The second-order valence-corrected chi connectivity index (χ2v) is 14.6. The van der Waals surface area contributed by atoms with E-state index in [-0.39, 0.29) is 21.4 Å². The first kappa shape index (κ1) is 30.2. The first-order valence-corrected chi connectivity index (χ1v) is 18.1. The second-order valence-electron chi connectivity index (χ2n) is 14.6. The lowest BCUT2D eigenvalue weighted by atomic mass is 9.55. The standard InChI is InChI=1S/C42H39B3N6/c1-28-16-13-17-29(2)40(28)46-34-22-7-10-25-37(34)49-43(46)50-38-26-11-8-23-35(38)47(41-30(3)18-14-19-31(41)4)45(50)51-39-27-12-9-24-36(39)48(44(49)51)42-32(5)20-15-21-33(42)6/h7-27H,1-6H3. The van der Waals surface area contributed by atoms with E-state index in [0.717, 1.165) is 0 Å². The van der Waals surface area contributed by atoms with Crippen molar-refractivity contribution < 1.29 is 0 Å². The summed E-state index contributed by atoms with van der Waals surface area (Å²) >= 11 is 0. The average Bonchev–Trinajstić information content (AvgIpc) is 3.75. The van der Waals surface area contributed by atoms with Crippen LogP contribution in [0.4, 0.5) is 51.2 Å². The van der Waals surface area contributed by atoms with Gasteiger partial charge in [-0.2, -0.15) is 0 Å². The largest absolute Gasteiger partial charge is 0.489 e. The summed E-state index contributed by atoms with van der Waals surface area (Å²) in [6.07, 6.45) is 0. The molecule has 4 aliphatic rings. The molecule has 1 fully saturated rings. The van der Waals surface area contributed by atoms with Crippen LogP contribution in [0.25, 0.3) is 0 Å². The van der Waals surface area contributed by atoms with Crippen molar-refractivity contribution in [3.05, 3.63) is 161 Å². The Morgan fingerprint density at radius 3 is 0.725 bits per heavy atom. The molecule has 6 aromatic rings. The molecule has 0 N–H and O–H groups in total. The van der Waals surface area contributed by atoms with Gasteiger partial charge in [0.25, 0.3) is 0 Å². The Bertz CT molecular complexity index is 2060.